The van der Waals surface area contributed by atoms with Crippen LogP contribution in [0.25, 0.3) is 0 Å². The highest BCUT2D eigenvalue weighted by Crippen LogP contribution is 1.57. The summed E-state index contributed by atoms with van der Waals surface area (Å²) < 4.78 is 0. The van der Waals surface area contributed by atoms with Crippen molar-refractivity contribution in [1.29, 1.82) is 0 Å². The number of hydrogen-bond donors (Lipinski definition) is 3. The Bertz CT molecular complexity index is 87.4. The van der Waals surface area contributed by atoms with Crippen LogP contribution in [0.5, 0.6) is 0 Å². The van der Waals surface area contributed by atoms with E-state index in [1.807, 2.05) is 0 Å². The lowest BCUT2D eigenvalue weighted by atomic mass is 10.6. The van der Waals surface area contributed by atoms with Crippen LogP contribution >= 0.6 is 0 Å². The molecule has 0 atom stereocenters. The first-order chi connectivity index (χ1) is 4.00. The molecule has 0 aromatic rings. The maximum absolute atomic E-state index is 9.47. The van der Waals surface area contributed by atoms with Crippen LogP contribution in [0.3, 0.4) is 0 Å². The van der Waals surface area contributed by atoms with Crippen LogP contribution in [0.4, 0.5) is 0 Å². The molecule has 0 fully saturated rings. The monoisotopic (exact) mass is 133 g/mol. The van der Waals surface area contributed by atoms with E-state index < -0.39 is 12.2 Å². The van der Waals surface area contributed by atoms with E-state index in [4.69, 9.17) is 10.2 Å². The second-order valence-corrected chi connectivity index (χ2v) is 1.24. The fourth-order valence-electron chi connectivity index (χ4n) is 0. The first-order valence-electron chi connectivity index (χ1n) is 2.28. The maximum atomic E-state index is 9.47. The molecule has 0 spiro atoms. The molecular weight excluding hydrogens is 122 g/mol. The molecule has 0 aliphatic carbocycles. The molecule has 0 aromatic heterocycles. The van der Waals surface area contributed by atoms with Crippen molar-refractivity contribution < 1.29 is 15.0 Å². The summed E-state index contributed by atoms with van der Waals surface area (Å²) in [5, 5.41) is 15.2. The number of carbonyl (C=O) groups is 1. The van der Waals surface area contributed by atoms with Gasteiger partial charge in [0.1, 0.15) is 6.29 Å². The van der Waals surface area contributed by atoms with Crippen LogP contribution in [0.1, 0.15) is 6.92 Å². The van der Waals surface area contributed by atoms with Gasteiger partial charge in [-0.05, 0) is 13.0 Å². The second-order valence-electron chi connectivity index (χ2n) is 1.24. The van der Waals surface area contributed by atoms with Crippen molar-refractivity contribution in [3.63, 3.8) is 0 Å². The normalized spacial score (nSPS) is 7.56. The Balaban J connectivity index is 0. The lowest BCUT2D eigenvalue weighted by molar-refractivity contribution is -0.113. The Hall–Kier alpha value is -0.870. The Labute approximate surface area is 53.6 Å². The highest BCUT2D eigenvalue weighted by Gasteiger charge is 1.70. The molecule has 0 unspecified atom stereocenters. The number of primary amides is 1. The Kier molecular flexibility index (Phi) is 8.71. The highest BCUT2D eigenvalue weighted by atomic mass is 16.5. The predicted octanol–water partition coefficient (Wildman–Crippen LogP) is -1.03. The van der Waals surface area contributed by atoms with Gasteiger partial charge in [-0.15, -0.1) is 0 Å². The van der Waals surface area contributed by atoms with E-state index in [9.17, 15) is 4.79 Å². The van der Waals surface area contributed by atoms with Gasteiger partial charge in [0, 0.05) is 0 Å². The lowest BCUT2D eigenvalue weighted by Gasteiger charge is -1.80. The third-order valence-corrected chi connectivity index (χ3v) is 0.201. The zero-order valence-electron chi connectivity index (χ0n) is 5.24. The van der Waals surface area contributed by atoms with Crippen molar-refractivity contribution in [3.05, 3.63) is 12.7 Å². The van der Waals surface area contributed by atoms with Gasteiger partial charge in [-0.1, -0.05) is 6.58 Å². The van der Waals surface area contributed by atoms with E-state index in [-0.39, 0.29) is 0 Å². The van der Waals surface area contributed by atoms with Gasteiger partial charge in [0.2, 0.25) is 5.91 Å². The molecule has 0 heterocycles. The lowest BCUT2D eigenvalue weighted by Crippen LogP contribution is -2.04. The molecule has 4 heteroatoms. The summed E-state index contributed by atoms with van der Waals surface area (Å²) in [7, 11) is 0. The zero-order valence-corrected chi connectivity index (χ0v) is 5.24. The molecular formula is C5H11NO3. The van der Waals surface area contributed by atoms with E-state index in [1.165, 1.54) is 6.92 Å². The van der Waals surface area contributed by atoms with Gasteiger partial charge in [-0.25, -0.2) is 0 Å². The summed E-state index contributed by atoms with van der Waals surface area (Å²) in [6, 6.07) is 0. The van der Waals surface area contributed by atoms with Gasteiger partial charge >= 0.3 is 0 Å². The summed E-state index contributed by atoms with van der Waals surface area (Å²) in [5.41, 5.74) is 4.53. The molecule has 0 aliphatic heterocycles. The topological polar surface area (TPSA) is 83.6 Å². The maximum Gasteiger partial charge on any atom is 0.240 e. The number of aliphatic hydroxyl groups excluding tert-OH is 1. The highest BCUT2D eigenvalue weighted by molar-refractivity contribution is 5.84. The molecule has 0 bridgehead atoms. The van der Waals surface area contributed by atoms with Crippen LogP contribution in [-0.2, 0) is 4.79 Å². The minimum atomic E-state index is -1.17. The minimum Gasteiger partial charge on any atom is -0.368 e. The Morgan fingerprint density at radius 2 is 1.89 bits per heavy atom. The van der Waals surface area contributed by atoms with Crippen molar-refractivity contribution in [2.45, 2.75) is 13.2 Å². The third kappa shape index (κ3) is 147. The summed E-state index contributed by atoms with van der Waals surface area (Å²) in [6.07, 6.45) is -0.111. The van der Waals surface area contributed by atoms with E-state index in [1.54, 1.807) is 0 Å². The number of carbonyl (C=O) groups excluding carboxylic acids is 1. The molecule has 0 saturated heterocycles. The predicted molar refractivity (Wildman–Crippen MR) is 33.3 cm³/mol. The van der Waals surface area contributed by atoms with E-state index in [0.717, 1.165) is 6.08 Å². The Morgan fingerprint density at radius 1 is 1.78 bits per heavy atom. The first kappa shape index (κ1) is 11.0. The standard InChI is InChI=1S/C3H5NO.C2H6O2/c1-2-3(4)5;1-2(3)4/h2H,1H2,(H2,4,5);2-4H,1H3. The molecule has 0 radical (unpaired) electrons. The molecule has 0 aliphatic rings. The summed E-state index contributed by atoms with van der Waals surface area (Å²) in [6.45, 7) is 4.36. The number of aliphatic hydroxyl groups is 2. The van der Waals surface area contributed by atoms with Gasteiger partial charge in [-0.2, -0.15) is 0 Å². The smallest absolute Gasteiger partial charge is 0.240 e. The van der Waals surface area contributed by atoms with Crippen LogP contribution in [0.2, 0.25) is 0 Å². The SMILES string of the molecule is C=CC(N)=O.CC(O)O. The number of hydrogen-bond acceptors (Lipinski definition) is 3. The number of amides is 1. The Morgan fingerprint density at radius 3 is 1.89 bits per heavy atom. The molecule has 9 heavy (non-hydrogen) atoms. The second kappa shape index (κ2) is 7.13. The molecule has 4 N–H and O–H groups in total. The molecule has 0 aromatic carbocycles. The summed E-state index contributed by atoms with van der Waals surface area (Å²) in [4.78, 5) is 9.47. The fourth-order valence-corrected chi connectivity index (χ4v) is 0. The van der Waals surface area contributed by atoms with Gasteiger partial charge in [0.25, 0.3) is 0 Å². The molecule has 0 rings (SSSR count). The summed E-state index contributed by atoms with van der Waals surface area (Å²) in [5.74, 6) is -0.481. The van der Waals surface area contributed by atoms with E-state index in [0.29, 0.717) is 0 Å². The van der Waals surface area contributed by atoms with Crippen molar-refractivity contribution in [2.24, 2.45) is 5.73 Å². The fraction of sp³-hybridized carbons (Fsp3) is 0.400. The third-order valence-electron chi connectivity index (χ3n) is 0.201. The average molecular weight is 133 g/mol. The van der Waals surface area contributed by atoms with Crippen LogP contribution in [0, 0.1) is 0 Å². The van der Waals surface area contributed by atoms with Crippen molar-refractivity contribution in [1.82, 2.24) is 0 Å². The van der Waals surface area contributed by atoms with Gasteiger partial charge in [0.15, 0.2) is 0 Å². The van der Waals surface area contributed by atoms with Gasteiger partial charge in [0.05, 0.1) is 0 Å². The molecule has 54 valence electrons. The van der Waals surface area contributed by atoms with Crippen LogP contribution < -0.4 is 5.73 Å². The quantitative estimate of drug-likeness (QED) is 0.316. The molecule has 4 nitrogen and oxygen atoms in total. The first-order valence-corrected chi connectivity index (χ1v) is 2.28. The minimum absolute atomic E-state index is 0.481. The van der Waals surface area contributed by atoms with Crippen molar-refractivity contribution >= 4 is 5.91 Å². The van der Waals surface area contributed by atoms with Crippen LogP contribution in [-0.4, -0.2) is 22.4 Å². The van der Waals surface area contributed by atoms with Crippen molar-refractivity contribution in [2.75, 3.05) is 0 Å². The van der Waals surface area contributed by atoms with Crippen LogP contribution in [0.15, 0.2) is 12.7 Å². The summed E-state index contributed by atoms with van der Waals surface area (Å²) >= 11 is 0. The van der Waals surface area contributed by atoms with Crippen molar-refractivity contribution in [3.8, 4) is 0 Å². The van der Waals surface area contributed by atoms with E-state index in [2.05, 4.69) is 12.3 Å². The number of nitrogens with two attached hydrogens (primary N) is 1. The van der Waals surface area contributed by atoms with Gasteiger partial charge < -0.3 is 15.9 Å². The van der Waals surface area contributed by atoms with E-state index >= 15 is 0 Å². The average Bonchev–Trinajstić information content (AvgIpc) is 1.65. The number of rotatable bonds is 1. The zero-order chi connectivity index (χ0) is 7.86. The van der Waals surface area contributed by atoms with Gasteiger partial charge in [-0.3, -0.25) is 4.79 Å². The largest absolute Gasteiger partial charge is 0.368 e. The molecule has 1 amide bonds. The molecule has 0 saturated carbocycles.